The van der Waals surface area contributed by atoms with Crippen molar-refractivity contribution in [1.82, 2.24) is 24.5 Å². The quantitative estimate of drug-likeness (QED) is 0.605. The molecule has 2 aliphatic heterocycles. The summed E-state index contributed by atoms with van der Waals surface area (Å²) in [6, 6.07) is 3.21. The van der Waals surface area contributed by atoms with Crippen molar-refractivity contribution in [2.75, 3.05) is 31.1 Å². The molecule has 3 aromatic rings. The van der Waals surface area contributed by atoms with Crippen LogP contribution in [0.1, 0.15) is 18.4 Å². The van der Waals surface area contributed by atoms with Crippen molar-refractivity contribution in [1.29, 1.82) is 0 Å². The first-order valence-electron chi connectivity index (χ1n) is 9.33. The molecule has 2 aromatic heterocycles. The fraction of sp³-hybridized carbons (Fsp3) is 0.500. The Labute approximate surface area is 161 Å². The lowest BCUT2D eigenvalue weighted by atomic mass is 10.1. The molecule has 6 nitrogen and oxygen atoms in total. The number of nitrogens with zero attached hydrogens (tertiary/aromatic N) is 6. The Bertz CT molecular complexity index is 1080. The van der Waals surface area contributed by atoms with Gasteiger partial charge < -0.3 is 4.90 Å². The minimum absolute atomic E-state index is 0.106. The number of anilines is 1. The molecule has 0 radical (unpaired) electrons. The molecule has 0 spiro atoms. The van der Waals surface area contributed by atoms with E-state index in [0.717, 1.165) is 51.2 Å². The van der Waals surface area contributed by atoms with Crippen LogP contribution in [0, 0.1) is 0 Å². The number of piperazine rings is 1. The SMILES string of the molecule is FC(F)(F)C(F)(F)c1ccc2nc(N3CCN4CCCC4C3)c3nncn3c2c1. The first-order valence-corrected chi connectivity index (χ1v) is 9.33. The molecule has 0 amide bonds. The standard InChI is InChI=1S/C18H17F5N6/c19-17(20,18(21,22)23)11-3-4-13-14(8-11)29-10-24-26-16(29)15(25-13)28-7-6-27-5-1-2-12(27)9-28/h3-4,8,10,12H,1-2,5-7,9H2. The van der Waals surface area contributed by atoms with Gasteiger partial charge in [0.05, 0.1) is 11.0 Å². The smallest absolute Gasteiger partial charge is 0.351 e. The van der Waals surface area contributed by atoms with Crippen LogP contribution >= 0.6 is 0 Å². The summed E-state index contributed by atoms with van der Waals surface area (Å²) in [5.41, 5.74) is -0.379. The van der Waals surface area contributed by atoms with Crippen LogP contribution in [0.25, 0.3) is 16.7 Å². The largest absolute Gasteiger partial charge is 0.458 e. The summed E-state index contributed by atoms with van der Waals surface area (Å²) < 4.78 is 67.4. The molecule has 0 aliphatic carbocycles. The Morgan fingerprint density at radius 2 is 1.86 bits per heavy atom. The van der Waals surface area contributed by atoms with E-state index in [1.54, 1.807) is 0 Å². The highest BCUT2D eigenvalue weighted by atomic mass is 19.4. The zero-order valence-electron chi connectivity index (χ0n) is 15.2. The monoisotopic (exact) mass is 412 g/mol. The van der Waals surface area contributed by atoms with E-state index in [-0.39, 0.29) is 5.52 Å². The van der Waals surface area contributed by atoms with Crippen molar-refractivity contribution >= 4 is 22.5 Å². The summed E-state index contributed by atoms with van der Waals surface area (Å²) in [5.74, 6) is -4.39. The maximum absolute atomic E-state index is 13.8. The highest BCUT2D eigenvalue weighted by molar-refractivity contribution is 5.83. The van der Waals surface area contributed by atoms with Crippen LogP contribution in [-0.2, 0) is 5.92 Å². The van der Waals surface area contributed by atoms with Gasteiger partial charge in [-0.15, -0.1) is 10.2 Å². The zero-order valence-corrected chi connectivity index (χ0v) is 15.2. The molecule has 2 saturated heterocycles. The highest BCUT2D eigenvalue weighted by Gasteiger charge is 2.58. The van der Waals surface area contributed by atoms with Gasteiger partial charge in [-0.25, -0.2) is 4.98 Å². The molecule has 0 bridgehead atoms. The van der Waals surface area contributed by atoms with Gasteiger partial charge in [-0.2, -0.15) is 22.0 Å². The first kappa shape index (κ1) is 18.5. The van der Waals surface area contributed by atoms with Gasteiger partial charge in [0.1, 0.15) is 6.33 Å². The summed E-state index contributed by atoms with van der Waals surface area (Å²) in [6.45, 7) is 3.48. The van der Waals surface area contributed by atoms with Crippen molar-refractivity contribution < 1.29 is 22.0 Å². The Hall–Kier alpha value is -2.56. The van der Waals surface area contributed by atoms with Gasteiger partial charge in [-0.05, 0) is 31.5 Å². The summed E-state index contributed by atoms with van der Waals surface area (Å²) >= 11 is 0. The van der Waals surface area contributed by atoms with Crippen molar-refractivity contribution in [3.8, 4) is 0 Å². The predicted octanol–water partition coefficient (Wildman–Crippen LogP) is 3.22. The average molecular weight is 412 g/mol. The molecule has 29 heavy (non-hydrogen) atoms. The van der Waals surface area contributed by atoms with E-state index in [9.17, 15) is 22.0 Å². The lowest BCUT2D eigenvalue weighted by Crippen LogP contribution is -2.50. The molecule has 2 aliphatic rings. The van der Waals surface area contributed by atoms with Crippen LogP contribution in [0.4, 0.5) is 27.8 Å². The Morgan fingerprint density at radius 3 is 2.66 bits per heavy atom. The summed E-state index contributed by atoms with van der Waals surface area (Å²) in [4.78, 5) is 9.08. The third-order valence-electron chi connectivity index (χ3n) is 5.81. The molecule has 0 N–H and O–H groups in total. The molecule has 4 heterocycles. The number of alkyl halides is 5. The maximum atomic E-state index is 13.8. The van der Waals surface area contributed by atoms with Gasteiger partial charge in [0, 0.05) is 31.2 Å². The van der Waals surface area contributed by atoms with E-state index < -0.39 is 17.7 Å². The van der Waals surface area contributed by atoms with Crippen LogP contribution in [-0.4, -0.2) is 62.9 Å². The second-order valence-electron chi connectivity index (χ2n) is 7.51. The summed E-state index contributed by atoms with van der Waals surface area (Å²) in [7, 11) is 0. The molecular formula is C18H17F5N6. The minimum atomic E-state index is -5.68. The number of aromatic nitrogens is 4. The van der Waals surface area contributed by atoms with E-state index >= 15 is 0 Å². The molecule has 1 unspecified atom stereocenters. The van der Waals surface area contributed by atoms with Crippen molar-refractivity contribution in [3.05, 3.63) is 30.1 Å². The van der Waals surface area contributed by atoms with Crippen LogP contribution < -0.4 is 4.90 Å². The van der Waals surface area contributed by atoms with Crippen LogP contribution in [0.3, 0.4) is 0 Å². The number of hydrogen-bond acceptors (Lipinski definition) is 5. The molecule has 11 heteroatoms. The van der Waals surface area contributed by atoms with E-state index in [2.05, 4.69) is 25.0 Å². The molecule has 154 valence electrons. The number of rotatable bonds is 2. The third kappa shape index (κ3) is 2.82. The molecule has 1 atom stereocenters. The highest BCUT2D eigenvalue weighted by Crippen LogP contribution is 2.44. The number of benzene rings is 1. The van der Waals surface area contributed by atoms with Crippen LogP contribution in [0.5, 0.6) is 0 Å². The van der Waals surface area contributed by atoms with Gasteiger partial charge in [0.15, 0.2) is 5.82 Å². The lowest BCUT2D eigenvalue weighted by molar-refractivity contribution is -0.289. The Kier molecular flexibility index (Phi) is 3.96. The van der Waals surface area contributed by atoms with Crippen LogP contribution in [0.2, 0.25) is 0 Å². The van der Waals surface area contributed by atoms with Gasteiger partial charge in [0.2, 0.25) is 5.65 Å². The lowest BCUT2D eigenvalue weighted by Gasteiger charge is -2.38. The van der Waals surface area contributed by atoms with E-state index in [0.29, 0.717) is 23.0 Å². The summed E-state index contributed by atoms with van der Waals surface area (Å²) in [6.07, 6.45) is -2.12. The number of halogens is 5. The number of hydrogen-bond donors (Lipinski definition) is 0. The zero-order chi connectivity index (χ0) is 20.4. The van der Waals surface area contributed by atoms with Gasteiger partial charge in [-0.1, -0.05) is 6.07 Å². The molecule has 2 fully saturated rings. The van der Waals surface area contributed by atoms with E-state index in [1.807, 2.05) is 0 Å². The first-order chi connectivity index (χ1) is 13.8. The average Bonchev–Trinajstić information content (AvgIpc) is 3.34. The van der Waals surface area contributed by atoms with Crippen LogP contribution in [0.15, 0.2) is 24.5 Å². The topological polar surface area (TPSA) is 49.6 Å². The van der Waals surface area contributed by atoms with Gasteiger partial charge >= 0.3 is 12.1 Å². The van der Waals surface area contributed by atoms with Gasteiger partial charge in [0.25, 0.3) is 0 Å². The third-order valence-corrected chi connectivity index (χ3v) is 5.81. The second kappa shape index (κ2) is 6.22. The van der Waals surface area contributed by atoms with Crippen molar-refractivity contribution in [3.63, 3.8) is 0 Å². The maximum Gasteiger partial charge on any atom is 0.458 e. The molecular weight excluding hydrogens is 395 g/mol. The minimum Gasteiger partial charge on any atom is -0.351 e. The second-order valence-corrected chi connectivity index (χ2v) is 7.51. The van der Waals surface area contributed by atoms with Crippen molar-refractivity contribution in [2.24, 2.45) is 0 Å². The van der Waals surface area contributed by atoms with Crippen molar-refractivity contribution in [2.45, 2.75) is 31.0 Å². The normalized spacial score (nSPS) is 21.3. The molecule has 0 saturated carbocycles. The fourth-order valence-corrected chi connectivity index (χ4v) is 4.29. The van der Waals surface area contributed by atoms with E-state index in [1.165, 1.54) is 16.8 Å². The summed E-state index contributed by atoms with van der Waals surface area (Å²) in [5, 5.41) is 7.90. The van der Waals surface area contributed by atoms with Gasteiger partial charge in [-0.3, -0.25) is 9.30 Å². The Balaban J connectivity index is 1.61. The van der Waals surface area contributed by atoms with E-state index in [4.69, 9.17) is 0 Å². The Morgan fingerprint density at radius 1 is 1.03 bits per heavy atom. The number of fused-ring (bicyclic) bond motifs is 4. The molecule has 1 aromatic carbocycles. The predicted molar refractivity (Wildman–Crippen MR) is 95.0 cm³/mol. The fourth-order valence-electron chi connectivity index (χ4n) is 4.29. The molecule has 5 rings (SSSR count).